The van der Waals surface area contributed by atoms with Crippen molar-refractivity contribution in [3.05, 3.63) is 83.4 Å². The summed E-state index contributed by atoms with van der Waals surface area (Å²) < 4.78 is 2.27. The van der Waals surface area contributed by atoms with Gasteiger partial charge in [0.05, 0.1) is 23.5 Å². The minimum absolute atomic E-state index is 0.0526. The molecule has 0 unspecified atom stereocenters. The van der Waals surface area contributed by atoms with E-state index in [9.17, 15) is 9.59 Å². The van der Waals surface area contributed by atoms with Crippen molar-refractivity contribution in [2.75, 3.05) is 44.7 Å². The fourth-order valence-corrected chi connectivity index (χ4v) is 6.05. The largest absolute Gasteiger partial charge is 0.343 e. The lowest BCUT2D eigenvalue weighted by Gasteiger charge is -2.35. The van der Waals surface area contributed by atoms with Crippen molar-refractivity contribution in [1.29, 1.82) is 0 Å². The number of anilines is 1. The van der Waals surface area contributed by atoms with Gasteiger partial charge < -0.3 is 14.4 Å². The number of nitrogens with zero attached hydrogens (tertiary/aromatic N) is 5. The highest BCUT2D eigenvalue weighted by molar-refractivity contribution is 7.13. The quantitative estimate of drug-likeness (QED) is 0.246. The Hall–Kier alpha value is -3.75. The SMILES string of the molecule is Cc1c(C(=O)N2CCN(CC(=O)N(C)c3ccccc3)CC2)cc(-c2csc(-c3ccccc3)n2)n1CCC(C)C. The molecule has 0 N–H and O–H groups in total. The van der Waals surface area contributed by atoms with Gasteiger partial charge in [-0.25, -0.2) is 4.98 Å². The number of aromatic nitrogens is 2. The summed E-state index contributed by atoms with van der Waals surface area (Å²) in [6, 6.07) is 21.9. The average molecular weight is 570 g/mol. The molecule has 0 radical (unpaired) electrons. The topological polar surface area (TPSA) is 61.7 Å². The number of hydrogen-bond acceptors (Lipinski definition) is 5. The molecule has 5 rings (SSSR count). The smallest absolute Gasteiger partial charge is 0.255 e. The van der Waals surface area contributed by atoms with Crippen LogP contribution in [0.1, 0.15) is 36.3 Å². The van der Waals surface area contributed by atoms with Crippen LogP contribution >= 0.6 is 11.3 Å². The van der Waals surface area contributed by atoms with E-state index in [1.54, 1.807) is 16.2 Å². The third-order valence-electron chi connectivity index (χ3n) is 7.85. The molecule has 7 nitrogen and oxygen atoms in total. The van der Waals surface area contributed by atoms with Gasteiger partial charge >= 0.3 is 0 Å². The Labute approximate surface area is 247 Å². The standard InChI is InChI=1S/C33H39N5O2S/c1-24(2)15-16-38-25(3)28(21-30(38)29-23-41-32(34-29)26-11-7-5-8-12-26)33(40)37-19-17-36(18-20-37)22-31(39)35(4)27-13-9-6-10-14-27/h5-14,21,23-24H,15-20,22H2,1-4H3. The lowest BCUT2D eigenvalue weighted by atomic mass is 10.1. The molecule has 0 aliphatic carbocycles. The van der Waals surface area contributed by atoms with Crippen LogP contribution in [-0.2, 0) is 11.3 Å². The summed E-state index contributed by atoms with van der Waals surface area (Å²) in [4.78, 5) is 37.4. The molecule has 41 heavy (non-hydrogen) atoms. The van der Waals surface area contributed by atoms with E-state index in [2.05, 4.69) is 47.8 Å². The molecule has 0 atom stereocenters. The molecule has 4 aromatic rings. The molecule has 2 amide bonds. The normalized spacial score (nSPS) is 14.0. The number of likely N-dealkylation sites (N-methyl/N-ethyl adjacent to an activating group) is 1. The highest BCUT2D eigenvalue weighted by atomic mass is 32.1. The zero-order valence-electron chi connectivity index (χ0n) is 24.4. The number of piperazine rings is 1. The van der Waals surface area contributed by atoms with Gasteiger partial charge in [-0.15, -0.1) is 11.3 Å². The lowest BCUT2D eigenvalue weighted by Crippen LogP contribution is -2.51. The molecule has 1 aliphatic heterocycles. The Kier molecular flexibility index (Phi) is 9.00. The zero-order chi connectivity index (χ0) is 28.9. The first kappa shape index (κ1) is 28.8. The molecule has 1 fully saturated rings. The minimum Gasteiger partial charge on any atom is -0.343 e. The molecule has 1 aliphatic rings. The van der Waals surface area contributed by atoms with Crippen LogP contribution in [0.25, 0.3) is 22.0 Å². The molecule has 1 saturated heterocycles. The third-order valence-corrected chi connectivity index (χ3v) is 8.74. The highest BCUT2D eigenvalue weighted by Gasteiger charge is 2.28. The van der Waals surface area contributed by atoms with Crippen molar-refractivity contribution in [3.63, 3.8) is 0 Å². The molecule has 0 saturated carbocycles. The predicted octanol–water partition coefficient (Wildman–Crippen LogP) is 6.05. The van der Waals surface area contributed by atoms with E-state index in [4.69, 9.17) is 4.98 Å². The van der Waals surface area contributed by atoms with Crippen LogP contribution in [-0.4, -0.2) is 70.9 Å². The number of rotatable bonds is 9. The van der Waals surface area contributed by atoms with Crippen LogP contribution in [0.15, 0.2) is 72.1 Å². The number of benzene rings is 2. The first-order valence-corrected chi connectivity index (χ1v) is 15.2. The molecule has 2 aromatic carbocycles. The van der Waals surface area contributed by atoms with Crippen LogP contribution in [0.3, 0.4) is 0 Å². The zero-order valence-corrected chi connectivity index (χ0v) is 25.2. The maximum Gasteiger partial charge on any atom is 0.255 e. The Bertz CT molecular complexity index is 1470. The fraction of sp³-hybridized carbons (Fsp3) is 0.364. The molecule has 2 aromatic heterocycles. The first-order chi connectivity index (χ1) is 19.8. The van der Waals surface area contributed by atoms with E-state index in [0.717, 1.165) is 51.9 Å². The van der Waals surface area contributed by atoms with Gasteiger partial charge in [-0.05, 0) is 37.5 Å². The van der Waals surface area contributed by atoms with Crippen LogP contribution in [0.5, 0.6) is 0 Å². The monoisotopic (exact) mass is 569 g/mol. The van der Waals surface area contributed by atoms with E-state index < -0.39 is 0 Å². The van der Waals surface area contributed by atoms with Crippen LogP contribution in [0, 0.1) is 12.8 Å². The average Bonchev–Trinajstić information content (AvgIpc) is 3.61. The van der Waals surface area contributed by atoms with Crippen molar-refractivity contribution in [3.8, 4) is 22.0 Å². The second-order valence-corrected chi connectivity index (χ2v) is 12.0. The Morgan fingerprint density at radius 1 is 0.976 bits per heavy atom. The Balaban J connectivity index is 1.29. The van der Waals surface area contributed by atoms with Crippen LogP contribution in [0.2, 0.25) is 0 Å². The lowest BCUT2D eigenvalue weighted by molar-refractivity contribution is -0.119. The van der Waals surface area contributed by atoms with Crippen molar-refractivity contribution in [1.82, 2.24) is 19.4 Å². The molecule has 214 valence electrons. The third kappa shape index (κ3) is 6.60. The number of thiazole rings is 1. The second kappa shape index (κ2) is 12.8. The van der Waals surface area contributed by atoms with E-state index in [1.165, 1.54) is 0 Å². The van der Waals surface area contributed by atoms with Gasteiger partial charge in [0.15, 0.2) is 0 Å². The number of carbonyl (C=O) groups excluding carboxylic acids is 2. The van der Waals surface area contributed by atoms with Crippen molar-refractivity contribution < 1.29 is 9.59 Å². The van der Waals surface area contributed by atoms with Crippen molar-refractivity contribution in [2.45, 2.75) is 33.7 Å². The maximum atomic E-state index is 13.8. The Morgan fingerprint density at radius 3 is 2.29 bits per heavy atom. The van der Waals surface area contributed by atoms with Gasteiger partial charge in [-0.2, -0.15) is 0 Å². The van der Waals surface area contributed by atoms with E-state index in [1.807, 2.05) is 66.5 Å². The number of amides is 2. The van der Waals surface area contributed by atoms with E-state index in [0.29, 0.717) is 38.6 Å². The number of carbonyl (C=O) groups is 2. The highest BCUT2D eigenvalue weighted by Crippen LogP contribution is 2.32. The summed E-state index contributed by atoms with van der Waals surface area (Å²) in [5.74, 6) is 0.658. The molecule has 3 heterocycles. The van der Waals surface area contributed by atoms with Gasteiger partial charge in [0.1, 0.15) is 5.01 Å². The maximum absolute atomic E-state index is 13.8. The molecular weight excluding hydrogens is 530 g/mol. The van der Waals surface area contributed by atoms with E-state index in [-0.39, 0.29) is 11.8 Å². The van der Waals surface area contributed by atoms with Gasteiger partial charge in [0, 0.05) is 62.1 Å². The molecular formula is C33H39N5O2S. The molecule has 8 heteroatoms. The summed E-state index contributed by atoms with van der Waals surface area (Å²) in [5.41, 5.74) is 5.62. The van der Waals surface area contributed by atoms with Gasteiger partial charge in [0.2, 0.25) is 5.91 Å². The van der Waals surface area contributed by atoms with Gasteiger partial charge in [-0.3, -0.25) is 14.5 Å². The second-order valence-electron chi connectivity index (χ2n) is 11.1. The van der Waals surface area contributed by atoms with Gasteiger partial charge in [0.25, 0.3) is 5.91 Å². The first-order valence-electron chi connectivity index (χ1n) is 14.4. The van der Waals surface area contributed by atoms with Crippen LogP contribution < -0.4 is 4.90 Å². The summed E-state index contributed by atoms with van der Waals surface area (Å²) in [6.07, 6.45) is 1.02. The van der Waals surface area contributed by atoms with Crippen LogP contribution in [0.4, 0.5) is 5.69 Å². The van der Waals surface area contributed by atoms with E-state index >= 15 is 0 Å². The minimum atomic E-state index is 0.0526. The predicted molar refractivity (Wildman–Crippen MR) is 167 cm³/mol. The fourth-order valence-electron chi connectivity index (χ4n) is 5.23. The van der Waals surface area contributed by atoms with Crippen molar-refractivity contribution >= 4 is 28.8 Å². The number of para-hydroxylation sites is 1. The summed E-state index contributed by atoms with van der Waals surface area (Å²) >= 11 is 1.63. The molecule has 0 bridgehead atoms. The summed E-state index contributed by atoms with van der Waals surface area (Å²) in [6.45, 7) is 10.2. The summed E-state index contributed by atoms with van der Waals surface area (Å²) in [5, 5.41) is 3.07. The number of hydrogen-bond donors (Lipinski definition) is 0. The Morgan fingerprint density at radius 2 is 1.63 bits per heavy atom. The van der Waals surface area contributed by atoms with Crippen molar-refractivity contribution in [2.24, 2.45) is 5.92 Å². The summed E-state index contributed by atoms with van der Waals surface area (Å²) in [7, 11) is 1.81. The molecule has 0 spiro atoms. The van der Waals surface area contributed by atoms with Gasteiger partial charge in [-0.1, -0.05) is 62.4 Å².